The lowest BCUT2D eigenvalue weighted by molar-refractivity contribution is -0.127. The highest BCUT2D eigenvalue weighted by molar-refractivity contribution is 5.95. The van der Waals surface area contributed by atoms with Crippen LogP contribution in [0.5, 0.6) is 5.75 Å². The fraction of sp³-hybridized carbons (Fsp3) is 0.160. The summed E-state index contributed by atoms with van der Waals surface area (Å²) in [7, 11) is 0. The summed E-state index contributed by atoms with van der Waals surface area (Å²) in [5.41, 5.74) is 3.16. The molecule has 0 saturated carbocycles. The number of ether oxygens (including phenoxy) is 1. The Labute approximate surface area is 179 Å². The molecule has 0 saturated heterocycles. The van der Waals surface area contributed by atoms with Crippen molar-refractivity contribution in [3.63, 3.8) is 0 Å². The number of carbonyl (C=O) groups is 1. The van der Waals surface area contributed by atoms with Crippen molar-refractivity contribution in [3.05, 3.63) is 94.6 Å². The number of nitrogens with one attached hydrogen (secondary N) is 1. The van der Waals surface area contributed by atoms with Crippen LogP contribution < -0.4 is 15.7 Å². The molecule has 2 aromatic heterocycles. The van der Waals surface area contributed by atoms with Crippen molar-refractivity contribution in [2.45, 2.75) is 26.5 Å². The third-order valence-electron chi connectivity index (χ3n) is 5.04. The number of fused-ring (bicyclic) bond motifs is 1. The van der Waals surface area contributed by atoms with Crippen molar-refractivity contribution in [2.24, 2.45) is 0 Å². The molecule has 156 valence electrons. The summed E-state index contributed by atoms with van der Waals surface area (Å²) in [4.78, 5) is 28.9. The highest BCUT2D eigenvalue weighted by Crippen LogP contribution is 2.33. The van der Waals surface area contributed by atoms with Gasteiger partial charge in [0, 0.05) is 23.2 Å². The van der Waals surface area contributed by atoms with Gasteiger partial charge in [-0.2, -0.15) is 0 Å². The zero-order chi connectivity index (χ0) is 21.8. The van der Waals surface area contributed by atoms with E-state index in [0.29, 0.717) is 23.4 Å². The molecule has 1 N–H and O–H groups in total. The average molecular weight is 414 g/mol. The molecular formula is C25H22N2O4. The summed E-state index contributed by atoms with van der Waals surface area (Å²) in [6.45, 7) is 3.81. The Morgan fingerprint density at radius 3 is 2.61 bits per heavy atom. The third kappa shape index (κ3) is 4.48. The minimum Gasteiger partial charge on any atom is -0.480 e. The van der Waals surface area contributed by atoms with E-state index in [1.54, 1.807) is 19.2 Å². The summed E-state index contributed by atoms with van der Waals surface area (Å²) in [6, 6.07) is 20.3. The number of carbonyl (C=O) groups excluding carboxylic acids is 1. The summed E-state index contributed by atoms with van der Waals surface area (Å²) in [5.74, 6) is 0.228. The molecule has 0 bridgehead atoms. The van der Waals surface area contributed by atoms with Crippen LogP contribution in [-0.2, 0) is 11.3 Å². The Morgan fingerprint density at radius 2 is 1.87 bits per heavy atom. The zero-order valence-corrected chi connectivity index (χ0v) is 17.3. The molecule has 2 aromatic carbocycles. The second kappa shape index (κ2) is 8.83. The number of hydrogen-bond acceptors (Lipinski definition) is 5. The van der Waals surface area contributed by atoms with Crippen LogP contribution in [0, 0.1) is 6.92 Å². The Morgan fingerprint density at radius 1 is 1.10 bits per heavy atom. The topological polar surface area (TPSA) is 81.4 Å². The molecular weight excluding hydrogens is 392 g/mol. The molecule has 4 aromatic rings. The van der Waals surface area contributed by atoms with E-state index in [-0.39, 0.29) is 5.91 Å². The molecule has 6 heteroatoms. The van der Waals surface area contributed by atoms with Crippen LogP contribution in [0.1, 0.15) is 18.2 Å². The van der Waals surface area contributed by atoms with Crippen LogP contribution in [-0.4, -0.2) is 17.0 Å². The number of amides is 1. The minimum atomic E-state index is -0.733. The van der Waals surface area contributed by atoms with Gasteiger partial charge in [0.1, 0.15) is 11.3 Å². The highest BCUT2D eigenvalue weighted by Gasteiger charge is 2.18. The zero-order valence-electron chi connectivity index (χ0n) is 17.3. The number of benzene rings is 2. The molecule has 0 aliphatic carbocycles. The lowest BCUT2D eigenvalue weighted by Gasteiger charge is -2.17. The normalized spacial score (nSPS) is 11.8. The molecule has 0 fully saturated rings. The lowest BCUT2D eigenvalue weighted by Crippen LogP contribution is -2.36. The predicted molar refractivity (Wildman–Crippen MR) is 119 cm³/mol. The first kappa shape index (κ1) is 20.3. The molecule has 6 nitrogen and oxygen atoms in total. The molecule has 0 radical (unpaired) electrons. The van der Waals surface area contributed by atoms with E-state index in [1.165, 1.54) is 6.07 Å². The fourth-order valence-corrected chi connectivity index (χ4v) is 3.40. The van der Waals surface area contributed by atoms with Gasteiger partial charge in [0.25, 0.3) is 5.91 Å². The van der Waals surface area contributed by atoms with E-state index in [0.717, 1.165) is 22.2 Å². The molecule has 0 aliphatic rings. The number of pyridine rings is 1. The van der Waals surface area contributed by atoms with Crippen molar-refractivity contribution in [1.29, 1.82) is 0 Å². The van der Waals surface area contributed by atoms with Crippen LogP contribution in [0.15, 0.2) is 82.1 Å². The van der Waals surface area contributed by atoms with Crippen LogP contribution in [0.2, 0.25) is 0 Å². The molecule has 31 heavy (non-hydrogen) atoms. The van der Waals surface area contributed by atoms with Crippen LogP contribution in [0.3, 0.4) is 0 Å². The molecule has 0 unspecified atom stereocenters. The smallest absolute Gasteiger partial charge is 0.336 e. The molecule has 2 heterocycles. The maximum absolute atomic E-state index is 12.5. The molecule has 1 atom stereocenters. The first-order valence-electron chi connectivity index (χ1n) is 10.00. The first-order valence-corrected chi connectivity index (χ1v) is 10.00. The van der Waals surface area contributed by atoms with Gasteiger partial charge in [-0.3, -0.25) is 9.78 Å². The van der Waals surface area contributed by atoms with Crippen molar-refractivity contribution in [3.8, 4) is 16.9 Å². The Bertz CT molecular complexity index is 1270. The van der Waals surface area contributed by atoms with Gasteiger partial charge >= 0.3 is 5.63 Å². The number of aryl methyl sites for hydroxylation is 1. The molecule has 0 aliphatic heterocycles. The number of nitrogens with zero attached hydrogens (tertiary/aromatic N) is 1. The van der Waals surface area contributed by atoms with Gasteiger partial charge in [-0.1, -0.05) is 36.4 Å². The van der Waals surface area contributed by atoms with Crippen LogP contribution >= 0.6 is 0 Å². The van der Waals surface area contributed by atoms with E-state index in [9.17, 15) is 9.59 Å². The summed E-state index contributed by atoms with van der Waals surface area (Å²) in [6.07, 6.45) is 0.945. The monoisotopic (exact) mass is 414 g/mol. The third-order valence-corrected chi connectivity index (χ3v) is 5.04. The number of rotatable bonds is 6. The van der Waals surface area contributed by atoms with Crippen molar-refractivity contribution >= 4 is 16.9 Å². The summed E-state index contributed by atoms with van der Waals surface area (Å²) >= 11 is 0. The number of aromatic nitrogens is 1. The highest BCUT2D eigenvalue weighted by atomic mass is 16.5. The Balaban J connectivity index is 1.58. The van der Waals surface area contributed by atoms with Gasteiger partial charge in [0.05, 0.1) is 12.2 Å². The summed E-state index contributed by atoms with van der Waals surface area (Å²) < 4.78 is 11.4. The van der Waals surface area contributed by atoms with Crippen molar-refractivity contribution in [1.82, 2.24) is 10.3 Å². The summed E-state index contributed by atoms with van der Waals surface area (Å²) in [5, 5.41) is 3.62. The fourth-order valence-electron chi connectivity index (χ4n) is 3.40. The second-order valence-corrected chi connectivity index (χ2v) is 7.21. The van der Waals surface area contributed by atoms with Gasteiger partial charge in [-0.25, -0.2) is 4.79 Å². The van der Waals surface area contributed by atoms with Gasteiger partial charge < -0.3 is 14.5 Å². The first-order chi connectivity index (χ1) is 15.0. The largest absolute Gasteiger partial charge is 0.480 e. The standard InChI is InChI=1S/C25H22N2O4/c1-16-22(30-17(2)25(29)27-15-19-10-6-7-13-26-19)12-11-20-21(14-23(28)31-24(16)20)18-8-4-3-5-9-18/h3-14,17H,15H2,1-2H3,(H,27,29)/t17-/m1/s1. The van der Waals surface area contributed by atoms with Gasteiger partial charge in [0.2, 0.25) is 0 Å². The van der Waals surface area contributed by atoms with Gasteiger partial charge in [-0.15, -0.1) is 0 Å². The van der Waals surface area contributed by atoms with Crippen LogP contribution in [0.25, 0.3) is 22.1 Å². The van der Waals surface area contributed by atoms with E-state index in [2.05, 4.69) is 10.3 Å². The van der Waals surface area contributed by atoms with E-state index >= 15 is 0 Å². The Hall–Kier alpha value is -3.93. The van der Waals surface area contributed by atoms with Gasteiger partial charge in [0.15, 0.2) is 6.10 Å². The molecule has 1 amide bonds. The lowest BCUT2D eigenvalue weighted by atomic mass is 10.00. The van der Waals surface area contributed by atoms with E-state index in [1.807, 2.05) is 61.5 Å². The average Bonchev–Trinajstić information content (AvgIpc) is 2.80. The predicted octanol–water partition coefficient (Wildman–Crippen LogP) is 4.25. The van der Waals surface area contributed by atoms with Crippen LogP contribution in [0.4, 0.5) is 0 Å². The Kier molecular flexibility index (Phi) is 5.80. The maximum Gasteiger partial charge on any atom is 0.336 e. The number of hydrogen-bond donors (Lipinski definition) is 1. The van der Waals surface area contributed by atoms with Crippen molar-refractivity contribution < 1.29 is 13.9 Å². The van der Waals surface area contributed by atoms with Gasteiger partial charge in [-0.05, 0) is 49.2 Å². The maximum atomic E-state index is 12.5. The molecule has 4 rings (SSSR count). The SMILES string of the molecule is Cc1c(O[C@H](C)C(=O)NCc2ccccn2)ccc2c(-c3ccccc3)cc(=O)oc12. The molecule has 0 spiro atoms. The second-order valence-electron chi connectivity index (χ2n) is 7.21. The van der Waals surface area contributed by atoms with E-state index in [4.69, 9.17) is 9.15 Å². The minimum absolute atomic E-state index is 0.260. The van der Waals surface area contributed by atoms with Crippen molar-refractivity contribution in [2.75, 3.05) is 0 Å². The quantitative estimate of drug-likeness (QED) is 0.477. The van der Waals surface area contributed by atoms with E-state index < -0.39 is 11.7 Å².